The lowest BCUT2D eigenvalue weighted by molar-refractivity contribution is 0.0768. The maximum atomic E-state index is 14.3. The zero-order chi connectivity index (χ0) is 15.2. The maximum absolute atomic E-state index is 14.3. The molecule has 0 spiro atoms. The molecule has 1 N–H and O–H groups in total. The predicted octanol–water partition coefficient (Wildman–Crippen LogP) is 3.30. The Bertz CT molecular complexity index is 486. The fourth-order valence-electron chi connectivity index (χ4n) is 2.84. The number of hydrogen-bond donors (Lipinski definition) is 1. The van der Waals surface area contributed by atoms with E-state index in [1.54, 1.807) is 11.9 Å². The molecule has 0 radical (unpaired) electrons. The molecular weight excluding hydrogens is 269 g/mol. The first-order valence-electron chi connectivity index (χ1n) is 7.77. The van der Waals surface area contributed by atoms with Gasteiger partial charge in [-0.1, -0.05) is 19.8 Å². The Morgan fingerprint density at radius 3 is 2.86 bits per heavy atom. The third kappa shape index (κ3) is 3.93. The molecule has 1 fully saturated rings. The number of carbonyl (C=O) groups is 1. The summed E-state index contributed by atoms with van der Waals surface area (Å²) < 4.78 is 14.3. The van der Waals surface area contributed by atoms with Crippen molar-refractivity contribution in [3.63, 3.8) is 0 Å². The number of rotatable bonds is 6. The summed E-state index contributed by atoms with van der Waals surface area (Å²) in [5.41, 5.74) is 0.101. The SMILES string of the molecule is CCCNc1nccc(C(=O)N(C)CC2CCCC2)c1F. The number of pyridine rings is 1. The van der Waals surface area contributed by atoms with Crippen LogP contribution in [-0.4, -0.2) is 35.9 Å². The van der Waals surface area contributed by atoms with Gasteiger partial charge in [0.1, 0.15) is 0 Å². The van der Waals surface area contributed by atoms with Crippen LogP contribution in [0.3, 0.4) is 0 Å². The number of nitrogens with one attached hydrogen (secondary N) is 1. The Morgan fingerprint density at radius 1 is 1.48 bits per heavy atom. The number of carbonyl (C=O) groups excluding carboxylic acids is 1. The van der Waals surface area contributed by atoms with Crippen LogP contribution >= 0.6 is 0 Å². The first-order chi connectivity index (χ1) is 10.1. The second-order valence-electron chi connectivity index (χ2n) is 5.78. The van der Waals surface area contributed by atoms with Crippen LogP contribution in [-0.2, 0) is 0 Å². The lowest BCUT2D eigenvalue weighted by Crippen LogP contribution is -2.32. The minimum Gasteiger partial charge on any atom is -0.368 e. The van der Waals surface area contributed by atoms with E-state index in [0.29, 0.717) is 19.0 Å². The minimum absolute atomic E-state index is 0.101. The number of anilines is 1. The lowest BCUT2D eigenvalue weighted by Gasteiger charge is -2.21. The second-order valence-corrected chi connectivity index (χ2v) is 5.78. The van der Waals surface area contributed by atoms with Crippen LogP contribution in [0.4, 0.5) is 10.2 Å². The van der Waals surface area contributed by atoms with Crippen LogP contribution in [0.2, 0.25) is 0 Å². The molecule has 1 aliphatic carbocycles. The van der Waals surface area contributed by atoms with Gasteiger partial charge < -0.3 is 10.2 Å². The quantitative estimate of drug-likeness (QED) is 0.875. The van der Waals surface area contributed by atoms with E-state index in [1.165, 1.54) is 37.9 Å². The molecule has 0 aromatic carbocycles. The van der Waals surface area contributed by atoms with Crippen molar-refractivity contribution < 1.29 is 9.18 Å². The molecule has 0 saturated heterocycles. The van der Waals surface area contributed by atoms with E-state index in [1.807, 2.05) is 6.92 Å². The first-order valence-corrected chi connectivity index (χ1v) is 7.77. The lowest BCUT2D eigenvalue weighted by atomic mass is 10.1. The zero-order valence-corrected chi connectivity index (χ0v) is 12.9. The summed E-state index contributed by atoms with van der Waals surface area (Å²) in [4.78, 5) is 18.0. The molecule has 4 nitrogen and oxygen atoms in total. The van der Waals surface area contributed by atoms with Gasteiger partial charge >= 0.3 is 0 Å². The number of halogens is 1. The van der Waals surface area contributed by atoms with Gasteiger partial charge in [-0.15, -0.1) is 0 Å². The van der Waals surface area contributed by atoms with Crippen LogP contribution in [0.15, 0.2) is 12.3 Å². The second kappa shape index (κ2) is 7.38. The summed E-state index contributed by atoms with van der Waals surface area (Å²) in [5, 5.41) is 2.91. The maximum Gasteiger partial charge on any atom is 0.256 e. The molecule has 2 rings (SSSR count). The summed E-state index contributed by atoms with van der Waals surface area (Å²) in [6, 6.07) is 1.46. The normalized spacial score (nSPS) is 15.2. The Hall–Kier alpha value is -1.65. The average Bonchev–Trinajstić information content (AvgIpc) is 2.98. The molecule has 1 aromatic rings. The van der Waals surface area contributed by atoms with E-state index in [-0.39, 0.29) is 17.3 Å². The fraction of sp³-hybridized carbons (Fsp3) is 0.625. The Kier molecular flexibility index (Phi) is 5.53. The highest BCUT2D eigenvalue weighted by molar-refractivity contribution is 5.95. The van der Waals surface area contributed by atoms with E-state index in [9.17, 15) is 9.18 Å². The summed E-state index contributed by atoms with van der Waals surface area (Å²) in [7, 11) is 1.75. The third-order valence-corrected chi connectivity index (χ3v) is 4.02. The Labute approximate surface area is 125 Å². The molecule has 1 aliphatic rings. The molecule has 116 valence electrons. The first kappa shape index (κ1) is 15.7. The number of hydrogen-bond acceptors (Lipinski definition) is 3. The summed E-state index contributed by atoms with van der Waals surface area (Å²) in [5.74, 6) is -0.0888. The number of nitrogens with zero attached hydrogens (tertiary/aromatic N) is 2. The van der Waals surface area contributed by atoms with Crippen LogP contribution in [0.25, 0.3) is 0 Å². The largest absolute Gasteiger partial charge is 0.368 e. The van der Waals surface area contributed by atoms with Gasteiger partial charge in [-0.2, -0.15) is 0 Å². The Balaban J connectivity index is 2.06. The van der Waals surface area contributed by atoms with Crippen molar-refractivity contribution in [3.8, 4) is 0 Å². The number of amides is 1. The number of aromatic nitrogens is 1. The molecule has 0 bridgehead atoms. The van der Waals surface area contributed by atoms with Crippen molar-refractivity contribution in [2.24, 2.45) is 5.92 Å². The van der Waals surface area contributed by atoms with E-state index in [2.05, 4.69) is 10.3 Å². The van der Waals surface area contributed by atoms with Crippen molar-refractivity contribution in [3.05, 3.63) is 23.6 Å². The standard InChI is InChI=1S/C16H24FN3O/c1-3-9-18-15-14(17)13(8-10-19-15)16(21)20(2)11-12-6-4-5-7-12/h8,10,12H,3-7,9,11H2,1-2H3,(H,18,19). The summed E-state index contributed by atoms with van der Waals surface area (Å²) in [6.07, 6.45) is 7.17. The molecule has 1 amide bonds. The predicted molar refractivity (Wildman–Crippen MR) is 81.9 cm³/mol. The Morgan fingerprint density at radius 2 is 2.19 bits per heavy atom. The van der Waals surface area contributed by atoms with E-state index < -0.39 is 5.82 Å². The van der Waals surface area contributed by atoms with E-state index >= 15 is 0 Å². The summed E-state index contributed by atoms with van der Waals surface area (Å²) in [6.45, 7) is 3.34. The van der Waals surface area contributed by atoms with Gasteiger partial charge in [0.05, 0.1) is 5.56 Å². The topological polar surface area (TPSA) is 45.2 Å². The molecule has 0 aliphatic heterocycles. The van der Waals surface area contributed by atoms with Gasteiger partial charge in [0.15, 0.2) is 11.6 Å². The third-order valence-electron chi connectivity index (χ3n) is 4.02. The van der Waals surface area contributed by atoms with Gasteiger partial charge in [-0.25, -0.2) is 9.37 Å². The van der Waals surface area contributed by atoms with Crippen molar-refractivity contribution in [2.75, 3.05) is 25.5 Å². The van der Waals surface area contributed by atoms with Gasteiger partial charge in [0.25, 0.3) is 5.91 Å². The molecular formula is C16H24FN3O. The molecule has 0 atom stereocenters. The molecule has 0 unspecified atom stereocenters. The highest BCUT2D eigenvalue weighted by Gasteiger charge is 2.23. The van der Waals surface area contributed by atoms with Crippen LogP contribution in [0.1, 0.15) is 49.4 Å². The van der Waals surface area contributed by atoms with Gasteiger partial charge in [-0.05, 0) is 31.2 Å². The van der Waals surface area contributed by atoms with Crippen molar-refractivity contribution in [1.29, 1.82) is 0 Å². The van der Waals surface area contributed by atoms with Crippen LogP contribution in [0, 0.1) is 11.7 Å². The smallest absolute Gasteiger partial charge is 0.256 e. The van der Waals surface area contributed by atoms with Gasteiger partial charge in [0, 0.05) is 26.3 Å². The van der Waals surface area contributed by atoms with Gasteiger partial charge in [0.2, 0.25) is 0 Å². The van der Waals surface area contributed by atoms with Crippen molar-refractivity contribution in [1.82, 2.24) is 9.88 Å². The summed E-state index contributed by atoms with van der Waals surface area (Å²) >= 11 is 0. The zero-order valence-electron chi connectivity index (χ0n) is 12.9. The van der Waals surface area contributed by atoms with Crippen LogP contribution < -0.4 is 5.32 Å². The highest BCUT2D eigenvalue weighted by Crippen LogP contribution is 2.26. The molecule has 1 heterocycles. The molecule has 5 heteroatoms. The average molecular weight is 293 g/mol. The highest BCUT2D eigenvalue weighted by atomic mass is 19.1. The van der Waals surface area contributed by atoms with Crippen LogP contribution in [0.5, 0.6) is 0 Å². The van der Waals surface area contributed by atoms with Crippen molar-refractivity contribution in [2.45, 2.75) is 39.0 Å². The van der Waals surface area contributed by atoms with Crippen molar-refractivity contribution >= 4 is 11.7 Å². The van der Waals surface area contributed by atoms with Gasteiger partial charge in [-0.3, -0.25) is 4.79 Å². The van der Waals surface area contributed by atoms with E-state index in [0.717, 1.165) is 6.42 Å². The fourth-order valence-corrected chi connectivity index (χ4v) is 2.84. The van der Waals surface area contributed by atoms with E-state index in [4.69, 9.17) is 0 Å². The monoisotopic (exact) mass is 293 g/mol. The molecule has 1 saturated carbocycles. The molecule has 21 heavy (non-hydrogen) atoms. The minimum atomic E-state index is -0.547. The molecule has 1 aromatic heterocycles.